The van der Waals surface area contributed by atoms with Crippen LogP contribution in [0.2, 0.25) is 5.02 Å². The molecule has 0 aliphatic heterocycles. The molecule has 0 saturated heterocycles. The van der Waals surface area contributed by atoms with Crippen molar-refractivity contribution in [2.45, 2.75) is 13.3 Å². The van der Waals surface area contributed by atoms with Crippen molar-refractivity contribution in [1.82, 2.24) is 5.32 Å². The lowest BCUT2D eigenvalue weighted by atomic mass is 10.2. The van der Waals surface area contributed by atoms with Crippen LogP contribution in [0, 0.1) is 0 Å². The highest BCUT2D eigenvalue weighted by Gasteiger charge is 2.08. The molecule has 2 aromatic rings. The second kappa shape index (κ2) is 8.42. The van der Waals surface area contributed by atoms with Crippen molar-refractivity contribution in [2.75, 3.05) is 10.6 Å². The molecule has 0 aliphatic rings. The first-order valence-corrected chi connectivity index (χ1v) is 8.04. The zero-order chi connectivity index (χ0) is 17.5. The van der Waals surface area contributed by atoms with E-state index in [9.17, 15) is 9.59 Å². The lowest BCUT2D eigenvalue weighted by Gasteiger charge is -2.11. The Bertz CT molecular complexity index is 780. The van der Waals surface area contributed by atoms with Gasteiger partial charge in [-0.25, -0.2) is 0 Å². The van der Waals surface area contributed by atoms with Crippen LogP contribution < -0.4 is 16.0 Å². The predicted molar refractivity (Wildman–Crippen MR) is 101 cm³/mol. The average Bonchev–Trinajstić information content (AvgIpc) is 2.54. The van der Waals surface area contributed by atoms with Crippen LogP contribution in [0.25, 0.3) is 0 Å². The molecule has 0 bridgehead atoms. The van der Waals surface area contributed by atoms with Crippen LogP contribution in [0.4, 0.5) is 11.4 Å². The number of nitrogens with one attached hydrogen (secondary N) is 3. The van der Waals surface area contributed by atoms with E-state index in [1.807, 2.05) is 0 Å². The minimum atomic E-state index is -0.356. The van der Waals surface area contributed by atoms with Gasteiger partial charge in [0, 0.05) is 28.4 Å². The Kier molecular flexibility index (Phi) is 6.28. The van der Waals surface area contributed by atoms with E-state index < -0.39 is 0 Å². The van der Waals surface area contributed by atoms with Gasteiger partial charge in [0.25, 0.3) is 5.91 Å². The molecule has 3 N–H and O–H groups in total. The molecule has 124 valence electrons. The maximum absolute atomic E-state index is 12.1. The van der Waals surface area contributed by atoms with E-state index in [-0.39, 0.29) is 16.9 Å². The summed E-state index contributed by atoms with van der Waals surface area (Å²) in [7, 11) is 0. The van der Waals surface area contributed by atoms with Crippen molar-refractivity contribution in [3.63, 3.8) is 0 Å². The molecule has 2 amide bonds. The van der Waals surface area contributed by atoms with E-state index in [1.54, 1.807) is 55.5 Å². The zero-order valence-corrected chi connectivity index (χ0v) is 14.5. The maximum atomic E-state index is 12.1. The largest absolute Gasteiger partial charge is 0.332 e. The van der Waals surface area contributed by atoms with Crippen LogP contribution in [0.3, 0.4) is 0 Å². The van der Waals surface area contributed by atoms with Gasteiger partial charge in [0.1, 0.15) is 0 Å². The summed E-state index contributed by atoms with van der Waals surface area (Å²) in [5, 5.41) is 8.86. The van der Waals surface area contributed by atoms with Crippen LogP contribution in [0.1, 0.15) is 23.7 Å². The van der Waals surface area contributed by atoms with Gasteiger partial charge in [-0.3, -0.25) is 14.9 Å². The molecule has 0 aromatic heterocycles. The Hall–Kier alpha value is -2.44. The molecule has 5 nitrogen and oxygen atoms in total. The molecule has 24 heavy (non-hydrogen) atoms. The Morgan fingerprint density at radius 1 is 1.04 bits per heavy atom. The quantitative estimate of drug-likeness (QED) is 0.724. The molecule has 0 fully saturated rings. The highest BCUT2D eigenvalue weighted by molar-refractivity contribution is 7.80. The Labute approximate surface area is 150 Å². The van der Waals surface area contributed by atoms with Crippen LogP contribution in [0.15, 0.2) is 48.5 Å². The zero-order valence-electron chi connectivity index (χ0n) is 12.9. The first-order chi connectivity index (χ1) is 11.5. The Morgan fingerprint density at radius 3 is 2.38 bits per heavy atom. The second-order valence-corrected chi connectivity index (χ2v) is 5.75. The van der Waals surface area contributed by atoms with Gasteiger partial charge in [-0.15, -0.1) is 0 Å². The van der Waals surface area contributed by atoms with Crippen molar-refractivity contribution in [2.24, 2.45) is 0 Å². The maximum Gasteiger partial charge on any atom is 0.257 e. The van der Waals surface area contributed by atoms with E-state index in [0.717, 1.165) is 0 Å². The van der Waals surface area contributed by atoms with Crippen molar-refractivity contribution >= 4 is 52.1 Å². The summed E-state index contributed by atoms with van der Waals surface area (Å²) >= 11 is 11.0. The average molecular weight is 362 g/mol. The number of halogens is 1. The molecule has 0 spiro atoms. The third-order valence-corrected chi connectivity index (χ3v) is 3.48. The number of hydrogen-bond acceptors (Lipinski definition) is 3. The molecule has 0 atom stereocenters. The molecule has 0 unspecified atom stereocenters. The standard InChI is InChI=1S/C17H16ClN3O2S/c1-2-15(22)19-13-7-4-8-14(10-13)20-17(24)21-16(23)11-5-3-6-12(18)9-11/h3-10H,2H2,1H3,(H,19,22)(H2,20,21,23,24). The van der Waals surface area contributed by atoms with E-state index >= 15 is 0 Å². The van der Waals surface area contributed by atoms with Gasteiger partial charge in [0.2, 0.25) is 5.91 Å². The van der Waals surface area contributed by atoms with Crippen molar-refractivity contribution < 1.29 is 9.59 Å². The number of amides is 2. The van der Waals surface area contributed by atoms with Crippen molar-refractivity contribution in [1.29, 1.82) is 0 Å². The third kappa shape index (κ3) is 5.33. The molecular formula is C17H16ClN3O2S. The molecule has 0 heterocycles. The fourth-order valence-electron chi connectivity index (χ4n) is 1.89. The van der Waals surface area contributed by atoms with E-state index in [1.165, 1.54) is 0 Å². The number of anilines is 2. The SMILES string of the molecule is CCC(=O)Nc1cccc(NC(=S)NC(=O)c2cccc(Cl)c2)c1. The number of thiocarbonyl (C=S) groups is 1. The summed E-state index contributed by atoms with van der Waals surface area (Å²) in [6.45, 7) is 1.78. The molecule has 0 aliphatic carbocycles. The highest BCUT2D eigenvalue weighted by atomic mass is 35.5. The number of hydrogen-bond donors (Lipinski definition) is 3. The molecule has 2 aromatic carbocycles. The minimum Gasteiger partial charge on any atom is -0.332 e. The monoisotopic (exact) mass is 361 g/mol. The fraction of sp³-hybridized carbons (Fsp3) is 0.118. The smallest absolute Gasteiger partial charge is 0.257 e. The van der Waals surface area contributed by atoms with Gasteiger partial charge in [-0.2, -0.15) is 0 Å². The lowest BCUT2D eigenvalue weighted by Crippen LogP contribution is -2.34. The van der Waals surface area contributed by atoms with Crippen LogP contribution in [0.5, 0.6) is 0 Å². The Morgan fingerprint density at radius 2 is 1.71 bits per heavy atom. The predicted octanol–water partition coefficient (Wildman–Crippen LogP) is 3.82. The highest BCUT2D eigenvalue weighted by Crippen LogP contribution is 2.15. The lowest BCUT2D eigenvalue weighted by molar-refractivity contribution is -0.115. The van der Waals surface area contributed by atoms with Gasteiger partial charge in [0.15, 0.2) is 5.11 Å². The van der Waals surface area contributed by atoms with Crippen LogP contribution >= 0.6 is 23.8 Å². The van der Waals surface area contributed by atoms with E-state index in [0.29, 0.717) is 28.4 Å². The van der Waals surface area contributed by atoms with E-state index in [4.69, 9.17) is 23.8 Å². The summed E-state index contributed by atoms with van der Waals surface area (Å²) in [4.78, 5) is 23.5. The number of rotatable bonds is 4. The summed E-state index contributed by atoms with van der Waals surface area (Å²) in [5.74, 6) is -0.436. The second-order valence-electron chi connectivity index (χ2n) is 4.90. The van der Waals surface area contributed by atoms with Gasteiger partial charge < -0.3 is 10.6 Å². The number of carbonyl (C=O) groups excluding carboxylic acids is 2. The van der Waals surface area contributed by atoms with Gasteiger partial charge in [0.05, 0.1) is 0 Å². The minimum absolute atomic E-state index is 0.0796. The van der Waals surface area contributed by atoms with Gasteiger partial charge in [-0.1, -0.05) is 30.7 Å². The summed E-state index contributed by atoms with van der Waals surface area (Å²) < 4.78 is 0. The topological polar surface area (TPSA) is 70.2 Å². The first-order valence-electron chi connectivity index (χ1n) is 7.25. The van der Waals surface area contributed by atoms with E-state index in [2.05, 4.69) is 16.0 Å². The fourth-order valence-corrected chi connectivity index (χ4v) is 2.29. The van der Waals surface area contributed by atoms with Crippen molar-refractivity contribution in [3.05, 3.63) is 59.1 Å². The summed E-state index contributed by atoms with van der Waals surface area (Å²) in [6, 6.07) is 13.6. The molecular weight excluding hydrogens is 346 g/mol. The molecule has 7 heteroatoms. The number of benzene rings is 2. The molecule has 0 saturated carbocycles. The van der Waals surface area contributed by atoms with Gasteiger partial charge >= 0.3 is 0 Å². The summed E-state index contributed by atoms with van der Waals surface area (Å²) in [5.41, 5.74) is 1.71. The number of carbonyl (C=O) groups is 2. The van der Waals surface area contributed by atoms with Crippen LogP contribution in [-0.2, 0) is 4.79 Å². The first kappa shape index (κ1) is 17.9. The van der Waals surface area contributed by atoms with Gasteiger partial charge in [-0.05, 0) is 48.6 Å². The normalized spacial score (nSPS) is 9.92. The summed E-state index contributed by atoms with van der Waals surface area (Å²) in [6.07, 6.45) is 0.395. The third-order valence-electron chi connectivity index (χ3n) is 3.04. The van der Waals surface area contributed by atoms with Crippen molar-refractivity contribution in [3.8, 4) is 0 Å². The Balaban J connectivity index is 1.98. The van der Waals surface area contributed by atoms with Crippen LogP contribution in [-0.4, -0.2) is 16.9 Å². The molecule has 0 radical (unpaired) electrons. The molecule has 2 rings (SSSR count).